The van der Waals surface area contributed by atoms with Gasteiger partial charge in [-0.2, -0.15) is 0 Å². The van der Waals surface area contributed by atoms with Gasteiger partial charge in [-0.05, 0) is 12.1 Å². The molecule has 0 atom stereocenters. The maximum atomic E-state index is 3.89. The summed E-state index contributed by atoms with van der Waals surface area (Å²) >= 11 is 0. The molecule has 0 N–H and O–H groups in total. The zero-order chi connectivity index (χ0) is 8.39. The van der Waals surface area contributed by atoms with E-state index in [1.807, 2.05) is 22.8 Å². The SMILES string of the molecule is CN=C[N+]1=C=C1c1ccccc1. The van der Waals surface area contributed by atoms with Crippen molar-refractivity contribution in [2.75, 3.05) is 7.05 Å². The van der Waals surface area contributed by atoms with Gasteiger partial charge in [-0.15, -0.1) is 4.58 Å². The zero-order valence-electron chi connectivity index (χ0n) is 6.86. The maximum absolute atomic E-state index is 3.89. The number of rotatable bonds is 2. The van der Waals surface area contributed by atoms with Crippen molar-refractivity contribution in [3.8, 4) is 0 Å². The molecule has 0 fully saturated rings. The monoisotopic (exact) mass is 157 g/mol. The first kappa shape index (κ1) is 7.01. The van der Waals surface area contributed by atoms with Gasteiger partial charge in [0.05, 0.1) is 0 Å². The predicted octanol–water partition coefficient (Wildman–Crippen LogP) is 1.38. The lowest BCUT2D eigenvalue weighted by atomic mass is 10.2. The highest BCUT2D eigenvalue weighted by Gasteiger charge is 2.21. The summed E-state index contributed by atoms with van der Waals surface area (Å²) in [6.45, 7) is 0. The lowest BCUT2D eigenvalue weighted by Gasteiger charge is -1.87. The van der Waals surface area contributed by atoms with Crippen molar-refractivity contribution < 1.29 is 4.58 Å². The Balaban J connectivity index is 2.14. The highest BCUT2D eigenvalue weighted by atomic mass is 15.1. The Morgan fingerprint density at radius 2 is 2.08 bits per heavy atom. The average molecular weight is 157 g/mol. The Bertz CT molecular complexity index is 382. The summed E-state index contributed by atoms with van der Waals surface area (Å²) in [6.07, 6.45) is 1.75. The van der Waals surface area contributed by atoms with Gasteiger partial charge in [-0.1, -0.05) is 23.2 Å². The van der Waals surface area contributed by atoms with E-state index in [0.717, 1.165) is 5.70 Å². The second kappa shape index (κ2) is 2.76. The van der Waals surface area contributed by atoms with Crippen LogP contribution >= 0.6 is 0 Å². The summed E-state index contributed by atoms with van der Waals surface area (Å²) < 4.78 is 1.88. The average Bonchev–Trinajstić information content (AvgIpc) is 2.87. The molecule has 0 saturated heterocycles. The van der Waals surface area contributed by atoms with Gasteiger partial charge >= 0.3 is 0 Å². The van der Waals surface area contributed by atoms with Crippen LogP contribution in [0.3, 0.4) is 0 Å². The summed E-state index contributed by atoms with van der Waals surface area (Å²) in [7, 11) is 1.75. The van der Waals surface area contributed by atoms with Crippen LogP contribution in [-0.4, -0.2) is 23.8 Å². The van der Waals surface area contributed by atoms with Gasteiger partial charge in [0.25, 0.3) is 6.34 Å². The van der Waals surface area contributed by atoms with Crippen molar-refractivity contribution in [2.45, 2.75) is 0 Å². The summed E-state index contributed by atoms with van der Waals surface area (Å²) in [4.78, 5) is 3.89. The van der Waals surface area contributed by atoms with Gasteiger partial charge < -0.3 is 0 Å². The van der Waals surface area contributed by atoms with Gasteiger partial charge in [0.2, 0.25) is 5.70 Å². The fraction of sp³-hybridized carbons (Fsp3) is 0.100. The molecule has 12 heavy (non-hydrogen) atoms. The van der Waals surface area contributed by atoms with E-state index >= 15 is 0 Å². The first-order valence-electron chi connectivity index (χ1n) is 3.82. The molecule has 1 aromatic rings. The van der Waals surface area contributed by atoms with Gasteiger partial charge in [-0.25, -0.2) is 0 Å². The third-order valence-electron chi connectivity index (χ3n) is 1.70. The third kappa shape index (κ3) is 1.20. The molecular formula is C10H9N2+. The minimum absolute atomic E-state index is 1.11. The standard InChI is InChI=1S/C10H9N2/c1-11-8-12-7-10(12)9-5-3-2-4-6-9/h2-6,8H,1H3/q+1. The largest absolute Gasteiger partial charge is 0.293 e. The summed E-state index contributed by atoms with van der Waals surface area (Å²) in [5.74, 6) is 3.09. The van der Waals surface area contributed by atoms with Gasteiger partial charge in [0.1, 0.15) is 12.9 Å². The van der Waals surface area contributed by atoms with E-state index in [2.05, 4.69) is 23.0 Å². The molecule has 0 saturated carbocycles. The van der Waals surface area contributed by atoms with Crippen molar-refractivity contribution >= 4 is 17.9 Å². The van der Waals surface area contributed by atoms with Crippen LogP contribution in [0.1, 0.15) is 5.56 Å². The third-order valence-corrected chi connectivity index (χ3v) is 1.70. The molecule has 0 aliphatic carbocycles. The van der Waals surface area contributed by atoms with E-state index in [9.17, 15) is 0 Å². The van der Waals surface area contributed by atoms with E-state index in [1.165, 1.54) is 5.56 Å². The molecule has 0 radical (unpaired) electrons. The molecule has 2 heteroatoms. The molecule has 58 valence electrons. The van der Waals surface area contributed by atoms with Crippen molar-refractivity contribution in [3.63, 3.8) is 0 Å². The van der Waals surface area contributed by atoms with E-state index in [0.29, 0.717) is 0 Å². The molecule has 1 aliphatic rings. The highest BCUT2D eigenvalue weighted by Crippen LogP contribution is 2.16. The highest BCUT2D eigenvalue weighted by molar-refractivity contribution is 5.96. The molecule has 2 nitrogen and oxygen atoms in total. The van der Waals surface area contributed by atoms with E-state index < -0.39 is 0 Å². The quantitative estimate of drug-likeness (QED) is 0.350. The number of benzene rings is 1. The Morgan fingerprint density at radius 1 is 1.33 bits per heavy atom. The van der Waals surface area contributed by atoms with Crippen LogP contribution < -0.4 is 0 Å². The lowest BCUT2D eigenvalue weighted by Crippen LogP contribution is -1.90. The normalized spacial score (nSPS) is 14.4. The van der Waals surface area contributed by atoms with Crippen LogP contribution in [0.5, 0.6) is 0 Å². The number of aliphatic imine (C=N–C) groups is 1. The number of hydrogen-bond acceptors (Lipinski definition) is 1. The van der Waals surface area contributed by atoms with Crippen LogP contribution in [0, 0.1) is 0 Å². The second-order valence-electron chi connectivity index (χ2n) is 2.57. The minimum atomic E-state index is 1.11. The van der Waals surface area contributed by atoms with Crippen molar-refractivity contribution in [1.82, 2.24) is 0 Å². The Hall–Kier alpha value is -1.66. The molecule has 1 heterocycles. The second-order valence-corrected chi connectivity index (χ2v) is 2.57. The molecule has 0 amide bonds. The van der Waals surface area contributed by atoms with Crippen molar-refractivity contribution in [2.24, 2.45) is 4.99 Å². The summed E-state index contributed by atoms with van der Waals surface area (Å²) in [6, 6.07) is 10.2. The molecule has 0 bridgehead atoms. The molecule has 2 rings (SSSR count). The molecule has 1 aromatic carbocycles. The summed E-state index contributed by atoms with van der Waals surface area (Å²) in [5.41, 5.74) is 2.30. The smallest absolute Gasteiger partial charge is 0.141 e. The van der Waals surface area contributed by atoms with Gasteiger partial charge in [0.15, 0.2) is 0 Å². The number of hydrogen-bond donors (Lipinski definition) is 0. The number of nitrogens with zero attached hydrogens (tertiary/aromatic N) is 2. The summed E-state index contributed by atoms with van der Waals surface area (Å²) in [5, 5.41) is 0. The van der Waals surface area contributed by atoms with E-state index in [-0.39, 0.29) is 0 Å². The fourth-order valence-electron chi connectivity index (χ4n) is 1.09. The first-order valence-corrected chi connectivity index (χ1v) is 3.82. The molecule has 1 aliphatic heterocycles. The first-order chi connectivity index (χ1) is 5.92. The minimum Gasteiger partial charge on any atom is -0.141 e. The van der Waals surface area contributed by atoms with E-state index in [1.54, 1.807) is 13.4 Å². The molecular weight excluding hydrogens is 148 g/mol. The maximum Gasteiger partial charge on any atom is 0.293 e. The predicted molar refractivity (Wildman–Crippen MR) is 49.5 cm³/mol. The fourth-order valence-corrected chi connectivity index (χ4v) is 1.09. The molecule has 0 aromatic heterocycles. The van der Waals surface area contributed by atoms with Crippen molar-refractivity contribution in [1.29, 1.82) is 0 Å². The Kier molecular flexibility index (Phi) is 1.61. The van der Waals surface area contributed by atoms with Gasteiger partial charge in [-0.3, -0.25) is 0 Å². The topological polar surface area (TPSA) is 15.4 Å². The lowest BCUT2D eigenvalue weighted by molar-refractivity contribution is -0.231. The molecule has 0 spiro atoms. The van der Waals surface area contributed by atoms with E-state index in [4.69, 9.17) is 0 Å². The van der Waals surface area contributed by atoms with Crippen LogP contribution in [0.4, 0.5) is 0 Å². The van der Waals surface area contributed by atoms with Crippen molar-refractivity contribution in [3.05, 3.63) is 35.9 Å². The zero-order valence-corrected chi connectivity index (χ0v) is 6.86. The van der Waals surface area contributed by atoms with Gasteiger partial charge in [0, 0.05) is 5.56 Å². The van der Waals surface area contributed by atoms with Crippen LogP contribution in [0.2, 0.25) is 0 Å². The van der Waals surface area contributed by atoms with Crippen LogP contribution in [-0.2, 0) is 0 Å². The Labute approximate surface area is 71.2 Å². The van der Waals surface area contributed by atoms with Crippen LogP contribution in [0.15, 0.2) is 35.3 Å². The molecule has 0 unspecified atom stereocenters. The Morgan fingerprint density at radius 3 is 2.75 bits per heavy atom. The van der Waals surface area contributed by atoms with Crippen LogP contribution in [0.25, 0.3) is 5.70 Å².